The molecule has 0 atom stereocenters. The molecule has 1 heterocycles. The Morgan fingerprint density at radius 1 is 1.00 bits per heavy atom. The summed E-state index contributed by atoms with van der Waals surface area (Å²) in [5.74, 6) is -0.200. The third-order valence-corrected chi connectivity index (χ3v) is 7.36. The zero-order valence-corrected chi connectivity index (χ0v) is 19.6. The number of rotatable bonds is 7. The van der Waals surface area contributed by atoms with Crippen molar-refractivity contribution in [2.24, 2.45) is 0 Å². The van der Waals surface area contributed by atoms with Gasteiger partial charge in [-0.25, -0.2) is 8.42 Å². The summed E-state index contributed by atoms with van der Waals surface area (Å²) in [5.41, 5.74) is 5.20. The van der Waals surface area contributed by atoms with Crippen molar-refractivity contribution in [3.8, 4) is 0 Å². The molecule has 0 aliphatic heterocycles. The highest BCUT2D eigenvalue weighted by Gasteiger charge is 2.21. The number of benzene rings is 3. The predicted molar refractivity (Wildman–Crippen MR) is 130 cm³/mol. The third kappa shape index (κ3) is 4.99. The van der Waals surface area contributed by atoms with Crippen molar-refractivity contribution in [1.29, 1.82) is 0 Å². The maximum Gasteiger partial charge on any atom is 0.243 e. The summed E-state index contributed by atoms with van der Waals surface area (Å²) < 4.78 is 32.7. The molecule has 0 unspecified atom stereocenters. The fourth-order valence-corrected chi connectivity index (χ4v) is 5.11. The van der Waals surface area contributed by atoms with Gasteiger partial charge in [0.2, 0.25) is 15.9 Å². The van der Waals surface area contributed by atoms with Gasteiger partial charge >= 0.3 is 0 Å². The summed E-state index contributed by atoms with van der Waals surface area (Å²) in [6, 6.07) is 19.6. The standard InChI is InChI=1S/C26H26N2O4S/c1-18-13-19(2)26-21(17-32-24(26)14-18)15-25(29)27-22-9-11-23(12-10-22)33(30,31)28(3)16-20-7-5-4-6-8-20/h4-14,17H,15-16H2,1-3H3,(H,27,29). The molecule has 0 spiro atoms. The second-order valence-electron chi connectivity index (χ2n) is 8.21. The number of nitrogens with zero attached hydrogens (tertiary/aromatic N) is 1. The maximum atomic E-state index is 12.9. The molecule has 0 saturated carbocycles. The van der Waals surface area contributed by atoms with Gasteiger partial charge in [-0.3, -0.25) is 4.79 Å². The number of hydrogen-bond acceptors (Lipinski definition) is 4. The van der Waals surface area contributed by atoms with Crippen LogP contribution in [-0.2, 0) is 27.8 Å². The number of anilines is 1. The fraction of sp³-hybridized carbons (Fsp3) is 0.192. The van der Waals surface area contributed by atoms with Gasteiger partial charge in [0.05, 0.1) is 17.6 Å². The smallest absolute Gasteiger partial charge is 0.243 e. The molecule has 0 bridgehead atoms. The lowest BCUT2D eigenvalue weighted by atomic mass is 10.0. The van der Waals surface area contributed by atoms with Gasteiger partial charge in [0.1, 0.15) is 5.58 Å². The lowest BCUT2D eigenvalue weighted by Crippen LogP contribution is -2.26. The Labute approximate surface area is 193 Å². The van der Waals surface area contributed by atoms with Crippen LogP contribution in [0.2, 0.25) is 0 Å². The van der Waals surface area contributed by atoms with Crippen LogP contribution in [0.25, 0.3) is 11.0 Å². The van der Waals surface area contributed by atoms with Crippen LogP contribution in [0, 0.1) is 13.8 Å². The summed E-state index contributed by atoms with van der Waals surface area (Å²) >= 11 is 0. The maximum absolute atomic E-state index is 12.9. The van der Waals surface area contributed by atoms with Crippen molar-refractivity contribution >= 4 is 32.6 Å². The summed E-state index contributed by atoms with van der Waals surface area (Å²) in [6.45, 7) is 4.28. The second-order valence-corrected chi connectivity index (χ2v) is 10.3. The number of fused-ring (bicyclic) bond motifs is 1. The van der Waals surface area contributed by atoms with Crippen molar-refractivity contribution < 1.29 is 17.6 Å². The molecule has 33 heavy (non-hydrogen) atoms. The number of nitrogens with one attached hydrogen (secondary N) is 1. The Morgan fingerprint density at radius 3 is 2.39 bits per heavy atom. The molecule has 1 aromatic heterocycles. The fourth-order valence-electron chi connectivity index (χ4n) is 3.95. The van der Waals surface area contributed by atoms with Crippen LogP contribution in [0.5, 0.6) is 0 Å². The summed E-state index contributed by atoms with van der Waals surface area (Å²) in [5, 5.41) is 3.79. The molecule has 0 fully saturated rings. The molecule has 0 radical (unpaired) electrons. The highest BCUT2D eigenvalue weighted by Crippen LogP contribution is 2.27. The average Bonchev–Trinajstić information content (AvgIpc) is 3.17. The topological polar surface area (TPSA) is 79.6 Å². The summed E-state index contributed by atoms with van der Waals surface area (Å²) in [4.78, 5) is 12.8. The average molecular weight is 463 g/mol. The first-order valence-corrected chi connectivity index (χ1v) is 12.1. The van der Waals surface area contributed by atoms with Gasteiger partial charge in [-0.15, -0.1) is 0 Å². The molecule has 0 saturated heterocycles. The first kappa shape index (κ1) is 22.8. The zero-order valence-electron chi connectivity index (χ0n) is 18.8. The quantitative estimate of drug-likeness (QED) is 0.417. The van der Waals surface area contributed by atoms with Crippen LogP contribution in [0.1, 0.15) is 22.3 Å². The number of sulfonamides is 1. The van der Waals surface area contributed by atoms with E-state index in [0.29, 0.717) is 5.69 Å². The van der Waals surface area contributed by atoms with E-state index in [4.69, 9.17) is 4.42 Å². The van der Waals surface area contributed by atoms with E-state index in [1.54, 1.807) is 25.4 Å². The minimum Gasteiger partial charge on any atom is -0.464 e. The minimum absolute atomic E-state index is 0.163. The number of amides is 1. The molecule has 4 rings (SSSR count). The Bertz CT molecular complexity index is 1390. The Morgan fingerprint density at radius 2 is 1.70 bits per heavy atom. The van der Waals surface area contributed by atoms with E-state index < -0.39 is 10.0 Å². The van der Waals surface area contributed by atoms with Gasteiger partial charge in [-0.05, 0) is 60.9 Å². The molecule has 0 aliphatic rings. The summed E-state index contributed by atoms with van der Waals surface area (Å²) in [6.07, 6.45) is 1.78. The SMILES string of the molecule is Cc1cc(C)c2c(CC(=O)Nc3ccc(S(=O)(=O)N(C)Cc4ccccc4)cc3)coc2c1. The number of carbonyl (C=O) groups is 1. The van der Waals surface area contributed by atoms with Crippen LogP contribution in [0.4, 0.5) is 5.69 Å². The molecule has 170 valence electrons. The second kappa shape index (κ2) is 9.21. The number of hydrogen-bond donors (Lipinski definition) is 1. The zero-order chi connectivity index (χ0) is 23.6. The molecule has 4 aromatic rings. The van der Waals surface area contributed by atoms with Crippen molar-refractivity contribution in [3.63, 3.8) is 0 Å². The minimum atomic E-state index is -3.65. The number of aryl methyl sites for hydroxylation is 2. The molecule has 1 amide bonds. The highest BCUT2D eigenvalue weighted by molar-refractivity contribution is 7.89. The molecule has 0 aliphatic carbocycles. The van der Waals surface area contributed by atoms with Crippen LogP contribution >= 0.6 is 0 Å². The van der Waals surface area contributed by atoms with Crippen LogP contribution < -0.4 is 5.32 Å². The summed E-state index contributed by atoms with van der Waals surface area (Å²) in [7, 11) is -2.10. The molecular weight excluding hydrogens is 436 g/mol. The lowest BCUT2D eigenvalue weighted by Gasteiger charge is -2.17. The van der Waals surface area contributed by atoms with Gasteiger partial charge < -0.3 is 9.73 Å². The van der Waals surface area contributed by atoms with Gasteiger partial charge in [-0.1, -0.05) is 36.4 Å². The normalized spacial score (nSPS) is 11.8. The number of carbonyl (C=O) groups excluding carboxylic acids is 1. The van der Waals surface area contributed by atoms with Crippen LogP contribution in [0.3, 0.4) is 0 Å². The van der Waals surface area contributed by atoms with Crippen molar-refractivity contribution in [3.05, 3.63) is 95.2 Å². The van der Waals surface area contributed by atoms with E-state index in [2.05, 4.69) is 11.4 Å². The molecule has 7 heteroatoms. The highest BCUT2D eigenvalue weighted by atomic mass is 32.2. The van der Waals surface area contributed by atoms with Crippen molar-refractivity contribution in [2.45, 2.75) is 31.7 Å². The van der Waals surface area contributed by atoms with E-state index in [1.165, 1.54) is 16.4 Å². The lowest BCUT2D eigenvalue weighted by molar-refractivity contribution is -0.115. The van der Waals surface area contributed by atoms with Gasteiger partial charge in [0.15, 0.2) is 0 Å². The van der Waals surface area contributed by atoms with E-state index in [9.17, 15) is 13.2 Å². The Balaban J connectivity index is 1.44. The Hall–Kier alpha value is -3.42. The largest absolute Gasteiger partial charge is 0.464 e. The van der Waals surface area contributed by atoms with Gasteiger partial charge in [0, 0.05) is 30.2 Å². The monoisotopic (exact) mass is 462 g/mol. The molecule has 1 N–H and O–H groups in total. The van der Waals surface area contributed by atoms with E-state index in [-0.39, 0.29) is 23.8 Å². The molecular formula is C26H26N2O4S. The van der Waals surface area contributed by atoms with E-state index in [1.807, 2.05) is 50.2 Å². The molecule has 3 aromatic carbocycles. The first-order valence-electron chi connectivity index (χ1n) is 10.6. The van der Waals surface area contributed by atoms with Crippen LogP contribution in [0.15, 0.2) is 82.3 Å². The predicted octanol–water partition coefficient (Wildman–Crippen LogP) is 5.05. The Kier molecular flexibility index (Phi) is 6.35. The van der Waals surface area contributed by atoms with Crippen molar-refractivity contribution in [2.75, 3.05) is 12.4 Å². The molecule has 6 nitrogen and oxygen atoms in total. The third-order valence-electron chi connectivity index (χ3n) is 5.54. The first-order chi connectivity index (χ1) is 15.7. The van der Waals surface area contributed by atoms with Gasteiger partial charge in [-0.2, -0.15) is 4.31 Å². The van der Waals surface area contributed by atoms with E-state index >= 15 is 0 Å². The van der Waals surface area contributed by atoms with Gasteiger partial charge in [0.25, 0.3) is 0 Å². The number of furan rings is 1. The van der Waals surface area contributed by atoms with Crippen LogP contribution in [-0.4, -0.2) is 25.7 Å². The van der Waals surface area contributed by atoms with E-state index in [0.717, 1.165) is 33.2 Å². The van der Waals surface area contributed by atoms with Crippen molar-refractivity contribution in [1.82, 2.24) is 4.31 Å².